The van der Waals surface area contributed by atoms with E-state index in [0.29, 0.717) is 18.7 Å². The van der Waals surface area contributed by atoms with Gasteiger partial charge in [0, 0.05) is 25.3 Å². The number of pyridine rings is 1. The number of hydrogen-bond donors (Lipinski definition) is 0. The zero-order valence-electron chi connectivity index (χ0n) is 11.3. The Morgan fingerprint density at radius 2 is 2.00 bits per heavy atom. The van der Waals surface area contributed by atoms with E-state index in [1.807, 2.05) is 13.8 Å². The molecule has 0 fully saturated rings. The molecule has 0 N–H and O–H groups in total. The van der Waals surface area contributed by atoms with E-state index in [1.165, 1.54) is 12.1 Å². The lowest BCUT2D eigenvalue weighted by Crippen LogP contribution is -2.40. The van der Waals surface area contributed by atoms with Gasteiger partial charge in [0.2, 0.25) is 0 Å². The number of ether oxygens (including phenoxy) is 1. The lowest BCUT2D eigenvalue weighted by atomic mass is 10.1. The third-order valence-corrected chi connectivity index (χ3v) is 3.32. The van der Waals surface area contributed by atoms with E-state index in [2.05, 4.69) is 4.98 Å². The van der Waals surface area contributed by atoms with E-state index in [1.54, 1.807) is 12.0 Å². The van der Waals surface area contributed by atoms with Gasteiger partial charge in [0.1, 0.15) is 10.3 Å². The van der Waals surface area contributed by atoms with Gasteiger partial charge >= 0.3 is 0 Å². The number of hydrogen-bond acceptors (Lipinski definition) is 3. The second kappa shape index (κ2) is 7.68. The van der Waals surface area contributed by atoms with Crippen LogP contribution in [0.1, 0.15) is 30.6 Å². The quantitative estimate of drug-likeness (QED) is 0.758. The maximum Gasteiger partial charge on any atom is 0.254 e. The molecule has 0 saturated heterocycles. The van der Waals surface area contributed by atoms with Gasteiger partial charge in [0.25, 0.3) is 5.91 Å². The summed E-state index contributed by atoms with van der Waals surface area (Å²) in [4.78, 5) is 18.1. The summed E-state index contributed by atoms with van der Waals surface area (Å²) >= 11 is 11.7. The molecule has 0 radical (unpaired) electrons. The SMILES string of the molecule is CCC(C)N(CCOC)C(=O)c1cc(Cl)nc(Cl)c1. The molecule has 0 aliphatic carbocycles. The molecule has 4 nitrogen and oxygen atoms in total. The van der Waals surface area contributed by atoms with Crippen molar-refractivity contribution in [3.8, 4) is 0 Å². The van der Waals surface area contributed by atoms with Gasteiger partial charge in [-0.1, -0.05) is 30.1 Å². The van der Waals surface area contributed by atoms with Gasteiger partial charge in [-0.15, -0.1) is 0 Å². The van der Waals surface area contributed by atoms with Crippen LogP contribution in [0.15, 0.2) is 12.1 Å². The molecule has 1 atom stereocenters. The number of nitrogens with zero attached hydrogens (tertiary/aromatic N) is 2. The molecular formula is C13H18Cl2N2O2. The van der Waals surface area contributed by atoms with Gasteiger partial charge in [0.15, 0.2) is 0 Å². The third kappa shape index (κ3) is 4.64. The standard InChI is InChI=1S/C13H18Cl2N2O2/c1-4-9(2)17(5-6-19-3)13(18)10-7-11(14)16-12(15)8-10/h7-9H,4-6H2,1-3H3. The highest BCUT2D eigenvalue weighted by Crippen LogP contribution is 2.18. The summed E-state index contributed by atoms with van der Waals surface area (Å²) in [5, 5.41) is 0.429. The van der Waals surface area contributed by atoms with Crippen LogP contribution in [0.5, 0.6) is 0 Å². The second-order valence-corrected chi connectivity index (χ2v) is 5.02. The smallest absolute Gasteiger partial charge is 0.254 e. The lowest BCUT2D eigenvalue weighted by molar-refractivity contribution is 0.0614. The Labute approximate surface area is 123 Å². The van der Waals surface area contributed by atoms with E-state index in [4.69, 9.17) is 27.9 Å². The monoisotopic (exact) mass is 304 g/mol. The van der Waals surface area contributed by atoms with Crippen molar-refractivity contribution in [1.29, 1.82) is 0 Å². The van der Waals surface area contributed by atoms with E-state index in [0.717, 1.165) is 6.42 Å². The largest absolute Gasteiger partial charge is 0.383 e. The van der Waals surface area contributed by atoms with Gasteiger partial charge in [-0.25, -0.2) is 4.98 Å². The Hall–Kier alpha value is -0.840. The number of halogens is 2. The zero-order valence-corrected chi connectivity index (χ0v) is 12.8. The average Bonchev–Trinajstić information content (AvgIpc) is 2.37. The van der Waals surface area contributed by atoms with Crippen LogP contribution in [-0.2, 0) is 4.74 Å². The Morgan fingerprint density at radius 3 is 2.47 bits per heavy atom. The van der Waals surface area contributed by atoms with Crippen LogP contribution in [0.25, 0.3) is 0 Å². The van der Waals surface area contributed by atoms with E-state index in [9.17, 15) is 4.79 Å². The molecule has 1 rings (SSSR count). The van der Waals surface area contributed by atoms with Gasteiger partial charge < -0.3 is 9.64 Å². The zero-order chi connectivity index (χ0) is 14.4. The number of amides is 1. The van der Waals surface area contributed by atoms with Crippen molar-refractivity contribution < 1.29 is 9.53 Å². The Morgan fingerprint density at radius 1 is 1.42 bits per heavy atom. The van der Waals surface area contributed by atoms with Crippen molar-refractivity contribution >= 4 is 29.1 Å². The van der Waals surface area contributed by atoms with Gasteiger partial charge in [-0.05, 0) is 25.5 Å². The van der Waals surface area contributed by atoms with Crippen molar-refractivity contribution in [1.82, 2.24) is 9.88 Å². The van der Waals surface area contributed by atoms with Crippen molar-refractivity contribution in [3.05, 3.63) is 28.0 Å². The van der Waals surface area contributed by atoms with E-state index < -0.39 is 0 Å². The van der Waals surface area contributed by atoms with Crippen LogP contribution >= 0.6 is 23.2 Å². The molecule has 106 valence electrons. The summed E-state index contributed by atoms with van der Waals surface area (Å²) < 4.78 is 5.04. The number of carbonyl (C=O) groups excluding carboxylic acids is 1. The van der Waals surface area contributed by atoms with E-state index >= 15 is 0 Å². The highest BCUT2D eigenvalue weighted by molar-refractivity contribution is 6.33. The number of aromatic nitrogens is 1. The maximum absolute atomic E-state index is 12.5. The molecule has 1 unspecified atom stereocenters. The predicted molar refractivity (Wildman–Crippen MR) is 76.9 cm³/mol. The van der Waals surface area contributed by atoms with Crippen molar-refractivity contribution in [2.45, 2.75) is 26.3 Å². The number of methoxy groups -OCH3 is 1. The van der Waals surface area contributed by atoms with Crippen molar-refractivity contribution in [2.75, 3.05) is 20.3 Å². The molecule has 0 aliphatic heterocycles. The topological polar surface area (TPSA) is 42.4 Å². The summed E-state index contributed by atoms with van der Waals surface area (Å²) in [6.07, 6.45) is 0.863. The fraction of sp³-hybridized carbons (Fsp3) is 0.538. The first-order chi connectivity index (χ1) is 8.99. The predicted octanol–water partition coefficient (Wildman–Crippen LogP) is 3.28. The first-order valence-electron chi connectivity index (χ1n) is 6.12. The molecule has 0 aromatic carbocycles. The highest BCUT2D eigenvalue weighted by Gasteiger charge is 2.21. The molecule has 0 spiro atoms. The molecule has 0 saturated carbocycles. The molecule has 1 aromatic rings. The van der Waals surface area contributed by atoms with Crippen LogP contribution in [0.4, 0.5) is 0 Å². The Bertz CT molecular complexity index is 420. The molecule has 1 amide bonds. The molecule has 1 heterocycles. The van der Waals surface area contributed by atoms with Crippen LogP contribution in [0.2, 0.25) is 10.3 Å². The minimum absolute atomic E-state index is 0.113. The third-order valence-electron chi connectivity index (χ3n) is 2.93. The van der Waals surface area contributed by atoms with Gasteiger partial charge in [-0.2, -0.15) is 0 Å². The van der Waals surface area contributed by atoms with E-state index in [-0.39, 0.29) is 22.3 Å². The summed E-state index contributed by atoms with van der Waals surface area (Å²) in [7, 11) is 1.61. The number of carbonyl (C=O) groups is 1. The van der Waals surface area contributed by atoms with Gasteiger partial charge in [-0.3, -0.25) is 4.79 Å². The maximum atomic E-state index is 12.5. The first kappa shape index (κ1) is 16.2. The first-order valence-corrected chi connectivity index (χ1v) is 6.88. The summed E-state index contributed by atoms with van der Waals surface area (Å²) in [6.45, 7) is 5.05. The Kier molecular flexibility index (Phi) is 6.55. The van der Waals surface area contributed by atoms with Gasteiger partial charge in [0.05, 0.1) is 6.61 Å². The van der Waals surface area contributed by atoms with Crippen LogP contribution in [-0.4, -0.2) is 42.1 Å². The molecule has 0 bridgehead atoms. The normalized spacial score (nSPS) is 12.3. The molecule has 0 aliphatic rings. The molecule has 6 heteroatoms. The Balaban J connectivity index is 2.97. The molecule has 19 heavy (non-hydrogen) atoms. The van der Waals surface area contributed by atoms with Crippen LogP contribution in [0, 0.1) is 0 Å². The minimum atomic E-state index is -0.113. The highest BCUT2D eigenvalue weighted by atomic mass is 35.5. The average molecular weight is 305 g/mol. The second-order valence-electron chi connectivity index (χ2n) is 4.25. The number of rotatable bonds is 6. The van der Waals surface area contributed by atoms with Crippen molar-refractivity contribution in [2.24, 2.45) is 0 Å². The molecule has 1 aromatic heterocycles. The summed E-state index contributed by atoms with van der Waals surface area (Å²) in [5.41, 5.74) is 0.446. The summed E-state index contributed by atoms with van der Waals surface area (Å²) in [6, 6.07) is 3.17. The fourth-order valence-corrected chi connectivity index (χ4v) is 2.15. The minimum Gasteiger partial charge on any atom is -0.383 e. The fourth-order valence-electron chi connectivity index (χ4n) is 1.69. The van der Waals surface area contributed by atoms with Crippen LogP contribution in [0.3, 0.4) is 0 Å². The molecular weight excluding hydrogens is 287 g/mol. The summed E-state index contributed by atoms with van der Waals surface area (Å²) in [5.74, 6) is -0.113. The lowest BCUT2D eigenvalue weighted by Gasteiger charge is -2.28. The van der Waals surface area contributed by atoms with Crippen molar-refractivity contribution in [3.63, 3.8) is 0 Å². The van der Waals surface area contributed by atoms with Crippen LogP contribution < -0.4 is 0 Å².